The number of benzene rings is 2. The Morgan fingerprint density at radius 2 is 1.93 bits per heavy atom. The van der Waals surface area contributed by atoms with Crippen LogP contribution in [0.2, 0.25) is 0 Å². The molecular formula is C35H36N2O5. The van der Waals surface area contributed by atoms with Gasteiger partial charge in [-0.25, -0.2) is 9.78 Å². The van der Waals surface area contributed by atoms with Gasteiger partial charge in [-0.1, -0.05) is 37.3 Å². The van der Waals surface area contributed by atoms with Crippen LogP contribution < -0.4 is 4.74 Å². The third-order valence-electron chi connectivity index (χ3n) is 7.93. The number of aryl methyl sites for hydroxylation is 1. The highest BCUT2D eigenvalue weighted by Crippen LogP contribution is 2.49. The molecule has 7 nitrogen and oxygen atoms in total. The van der Waals surface area contributed by atoms with E-state index >= 15 is 0 Å². The van der Waals surface area contributed by atoms with Crippen molar-refractivity contribution in [3.63, 3.8) is 0 Å². The second-order valence-electron chi connectivity index (χ2n) is 12.2. The largest absolute Gasteiger partial charge is 0.493 e. The van der Waals surface area contributed by atoms with Gasteiger partial charge in [0.1, 0.15) is 12.4 Å². The Hall–Kier alpha value is -4.23. The quantitative estimate of drug-likeness (QED) is 0.255. The van der Waals surface area contributed by atoms with Crippen LogP contribution in [-0.4, -0.2) is 33.3 Å². The molecule has 216 valence electrons. The highest BCUT2D eigenvalue weighted by Gasteiger charge is 2.39. The fraction of sp³-hybridized carbons (Fsp3) is 0.343. The van der Waals surface area contributed by atoms with Crippen LogP contribution in [0, 0.1) is 12.8 Å². The molecule has 6 rings (SSSR count). The lowest BCUT2D eigenvalue weighted by molar-refractivity contribution is -0.160. The van der Waals surface area contributed by atoms with Crippen LogP contribution in [0.1, 0.15) is 78.8 Å². The Morgan fingerprint density at radius 1 is 1.14 bits per heavy atom. The van der Waals surface area contributed by atoms with E-state index in [1.807, 2.05) is 82.4 Å². The van der Waals surface area contributed by atoms with Crippen LogP contribution in [0.5, 0.6) is 5.88 Å². The van der Waals surface area contributed by atoms with Crippen LogP contribution >= 0.6 is 0 Å². The summed E-state index contributed by atoms with van der Waals surface area (Å²) in [5.74, 6) is 0.0847. The van der Waals surface area contributed by atoms with E-state index in [9.17, 15) is 9.90 Å². The summed E-state index contributed by atoms with van der Waals surface area (Å²) < 4.78 is 18.4. The molecule has 7 heteroatoms. The highest BCUT2D eigenvalue weighted by atomic mass is 16.5. The number of carboxylic acids is 1. The Kier molecular flexibility index (Phi) is 7.23. The van der Waals surface area contributed by atoms with Gasteiger partial charge in [0.15, 0.2) is 6.10 Å². The van der Waals surface area contributed by atoms with Crippen molar-refractivity contribution in [1.29, 1.82) is 0 Å². The monoisotopic (exact) mass is 564 g/mol. The number of ether oxygens (including phenoxy) is 3. The Bertz CT molecular complexity index is 1690. The number of hydrogen-bond donors (Lipinski definition) is 1. The van der Waals surface area contributed by atoms with E-state index in [0.29, 0.717) is 24.7 Å². The van der Waals surface area contributed by atoms with Crippen molar-refractivity contribution < 1.29 is 24.1 Å². The van der Waals surface area contributed by atoms with E-state index in [-0.39, 0.29) is 11.8 Å². The van der Waals surface area contributed by atoms with Crippen molar-refractivity contribution in [2.45, 2.75) is 65.3 Å². The zero-order valence-electron chi connectivity index (χ0n) is 24.7. The molecule has 0 amide bonds. The van der Waals surface area contributed by atoms with Crippen LogP contribution in [0.4, 0.5) is 0 Å². The number of allylic oxidation sites excluding steroid dienone is 1. The molecule has 3 heterocycles. The maximum Gasteiger partial charge on any atom is 0.337 e. The molecule has 3 unspecified atom stereocenters. The van der Waals surface area contributed by atoms with Crippen LogP contribution in [0.15, 0.2) is 66.9 Å². The SMILES string of the molecule is Cc1cc2nc(OCc3ccccc3)ccc2c(C2c3nccc4c3C(=CC2C)OCC4)c1C(OC(C)(C)C)C(=O)O. The van der Waals surface area contributed by atoms with E-state index in [1.165, 1.54) is 5.56 Å². The van der Waals surface area contributed by atoms with Gasteiger partial charge in [-0.15, -0.1) is 0 Å². The van der Waals surface area contributed by atoms with Crippen molar-refractivity contribution >= 4 is 22.6 Å². The summed E-state index contributed by atoms with van der Waals surface area (Å²) in [5.41, 5.74) is 6.54. The van der Waals surface area contributed by atoms with Gasteiger partial charge in [0.25, 0.3) is 0 Å². The lowest BCUT2D eigenvalue weighted by Gasteiger charge is -2.36. The third-order valence-corrected chi connectivity index (χ3v) is 7.93. The van der Waals surface area contributed by atoms with Crippen LogP contribution in [0.3, 0.4) is 0 Å². The number of nitrogens with zero attached hydrogens (tertiary/aromatic N) is 2. The van der Waals surface area contributed by atoms with Crippen molar-refractivity contribution in [1.82, 2.24) is 9.97 Å². The molecule has 0 bridgehead atoms. The summed E-state index contributed by atoms with van der Waals surface area (Å²) in [6.07, 6.45) is 3.64. The number of rotatable bonds is 7. The molecule has 1 N–H and O–H groups in total. The normalized spacial score (nSPS) is 18.5. The number of aromatic nitrogens is 2. The predicted octanol–water partition coefficient (Wildman–Crippen LogP) is 7.15. The first-order valence-corrected chi connectivity index (χ1v) is 14.4. The fourth-order valence-electron chi connectivity index (χ4n) is 6.22. The number of aliphatic carboxylic acids is 1. The minimum Gasteiger partial charge on any atom is -0.493 e. The molecule has 1 aliphatic carbocycles. The van der Waals surface area contributed by atoms with Gasteiger partial charge >= 0.3 is 5.97 Å². The zero-order chi connectivity index (χ0) is 29.6. The predicted molar refractivity (Wildman–Crippen MR) is 161 cm³/mol. The lowest BCUT2D eigenvalue weighted by Crippen LogP contribution is -2.30. The maximum absolute atomic E-state index is 12.9. The fourth-order valence-corrected chi connectivity index (χ4v) is 6.22. The molecule has 0 saturated heterocycles. The molecule has 1 aliphatic heterocycles. The van der Waals surface area contributed by atoms with Crippen molar-refractivity contribution in [3.8, 4) is 5.88 Å². The molecule has 0 radical (unpaired) electrons. The van der Waals surface area contributed by atoms with E-state index in [1.54, 1.807) is 0 Å². The number of carbonyl (C=O) groups is 1. The van der Waals surface area contributed by atoms with Crippen molar-refractivity contribution in [2.24, 2.45) is 5.92 Å². The smallest absolute Gasteiger partial charge is 0.337 e. The number of hydrogen-bond acceptors (Lipinski definition) is 6. The number of fused-ring (bicyclic) bond motifs is 1. The minimum absolute atomic E-state index is 0.0183. The maximum atomic E-state index is 12.9. The second-order valence-corrected chi connectivity index (χ2v) is 12.2. The average molecular weight is 565 g/mol. The van der Waals surface area contributed by atoms with Gasteiger partial charge in [-0.2, -0.15) is 0 Å². The van der Waals surface area contributed by atoms with Gasteiger partial charge in [-0.3, -0.25) is 4.98 Å². The third kappa shape index (κ3) is 5.25. The first kappa shape index (κ1) is 27.9. The van der Waals surface area contributed by atoms with Gasteiger partial charge in [0, 0.05) is 35.6 Å². The minimum atomic E-state index is -1.17. The molecule has 2 aliphatic rings. The Labute approximate surface area is 246 Å². The first-order valence-electron chi connectivity index (χ1n) is 14.4. The van der Waals surface area contributed by atoms with E-state index < -0.39 is 17.7 Å². The Morgan fingerprint density at radius 3 is 2.67 bits per heavy atom. The summed E-state index contributed by atoms with van der Waals surface area (Å²) >= 11 is 0. The lowest BCUT2D eigenvalue weighted by atomic mass is 9.72. The van der Waals surface area contributed by atoms with Crippen LogP contribution in [-0.2, 0) is 27.3 Å². The zero-order valence-corrected chi connectivity index (χ0v) is 24.7. The van der Waals surface area contributed by atoms with Crippen molar-refractivity contribution in [3.05, 3.63) is 106 Å². The highest BCUT2D eigenvalue weighted by molar-refractivity contribution is 5.89. The summed E-state index contributed by atoms with van der Waals surface area (Å²) in [5, 5.41) is 11.4. The Balaban J connectivity index is 1.56. The molecule has 42 heavy (non-hydrogen) atoms. The summed E-state index contributed by atoms with van der Waals surface area (Å²) in [7, 11) is 0. The van der Waals surface area contributed by atoms with E-state index in [0.717, 1.165) is 51.0 Å². The molecule has 3 atom stereocenters. The molecule has 4 aromatic rings. The van der Waals surface area contributed by atoms with E-state index in [2.05, 4.69) is 19.1 Å². The number of carboxylic acid groups (broad SMARTS) is 1. The number of pyridine rings is 2. The van der Waals surface area contributed by atoms with Gasteiger partial charge < -0.3 is 19.3 Å². The van der Waals surface area contributed by atoms with Gasteiger partial charge in [0.05, 0.1) is 23.4 Å². The summed E-state index contributed by atoms with van der Waals surface area (Å²) in [4.78, 5) is 22.7. The molecular weight excluding hydrogens is 528 g/mol. The first-order chi connectivity index (χ1) is 20.1. The van der Waals surface area contributed by atoms with Gasteiger partial charge in [0.2, 0.25) is 5.88 Å². The second kappa shape index (κ2) is 10.9. The topological polar surface area (TPSA) is 90.8 Å². The summed E-state index contributed by atoms with van der Waals surface area (Å²) in [6.45, 7) is 10.7. The van der Waals surface area contributed by atoms with Crippen LogP contribution in [0.25, 0.3) is 16.7 Å². The molecule has 0 spiro atoms. The molecule has 2 aromatic heterocycles. The van der Waals surface area contributed by atoms with Crippen molar-refractivity contribution in [2.75, 3.05) is 6.61 Å². The molecule has 0 fully saturated rings. The molecule has 0 saturated carbocycles. The van der Waals surface area contributed by atoms with Gasteiger partial charge in [-0.05, 0) is 85.7 Å². The standard InChI is InChI=1S/C35H36N2O5/c1-20-17-25-24(11-12-27(37-25)41-19-22-9-7-6-8-10-22)31(29(20)33(34(38)39)42-35(3,4)5)28-21(2)18-26-30-23(14-16-40-26)13-15-36-32(28)30/h6-13,15,17-18,21,28,33H,14,16,19H2,1-5H3,(H,38,39). The summed E-state index contributed by atoms with van der Waals surface area (Å²) in [6, 6.07) is 17.8. The van der Waals surface area contributed by atoms with E-state index in [4.69, 9.17) is 24.2 Å². The average Bonchev–Trinajstić information content (AvgIpc) is 2.95. The molecule has 2 aromatic carbocycles.